The van der Waals surface area contributed by atoms with Crippen molar-refractivity contribution in [3.63, 3.8) is 0 Å². The first-order valence-corrected chi connectivity index (χ1v) is 17.8. The van der Waals surface area contributed by atoms with Gasteiger partial charge in [0.15, 0.2) is 0 Å². The Morgan fingerprint density at radius 1 is 0.750 bits per heavy atom. The number of carbonyl (C=O) groups excluding carboxylic acids is 1. The highest BCUT2D eigenvalue weighted by molar-refractivity contribution is 8.64. The molecule has 7 heteroatoms. The van der Waals surface area contributed by atoms with E-state index in [1.165, 1.54) is 0 Å². The van der Waals surface area contributed by atoms with Gasteiger partial charge in [-0.05, 0) is 13.8 Å². The van der Waals surface area contributed by atoms with E-state index in [1.807, 2.05) is 86.6 Å². The second-order valence-electron chi connectivity index (χ2n) is 8.08. The molecule has 0 fully saturated rings. The maximum absolute atomic E-state index is 12.9. The number of carbonyl (C=O) groups is 1. The summed E-state index contributed by atoms with van der Waals surface area (Å²) in [5, 5.41) is 3.81. The third kappa shape index (κ3) is 5.76. The summed E-state index contributed by atoms with van der Waals surface area (Å²) in [6.07, 6.45) is -5.24. The molecule has 4 rings (SSSR count). The van der Waals surface area contributed by atoms with Crippen molar-refractivity contribution in [2.24, 2.45) is 4.52 Å². The fourth-order valence-electron chi connectivity index (χ4n) is 3.88. The van der Waals surface area contributed by atoms with Crippen LogP contribution >= 0.6 is 23.8 Å². The first kappa shape index (κ1) is 26.6. The quantitative estimate of drug-likeness (QED) is 0.177. The van der Waals surface area contributed by atoms with E-state index in [1.54, 1.807) is 11.4 Å². The van der Waals surface area contributed by atoms with Gasteiger partial charge >= 0.3 is 5.97 Å². The number of rotatable bonds is 9. The molecule has 3 nitrogen and oxygen atoms in total. The van der Waals surface area contributed by atoms with Crippen LogP contribution < -0.4 is 21.2 Å². The van der Waals surface area contributed by atoms with E-state index in [2.05, 4.69) is 48.5 Å². The van der Waals surface area contributed by atoms with Gasteiger partial charge in [-0.15, -0.1) is 0 Å². The van der Waals surface area contributed by atoms with E-state index in [9.17, 15) is 4.79 Å². The molecule has 4 aromatic rings. The van der Waals surface area contributed by atoms with Crippen molar-refractivity contribution in [3.8, 4) is 0 Å². The molecule has 36 heavy (non-hydrogen) atoms. The zero-order valence-electron chi connectivity index (χ0n) is 20.3. The predicted octanol–water partition coefficient (Wildman–Crippen LogP) is 6.48. The van der Waals surface area contributed by atoms with Gasteiger partial charge in [0.2, 0.25) is 0 Å². The lowest BCUT2D eigenvalue weighted by molar-refractivity contribution is -0.142. The lowest BCUT2D eigenvalue weighted by atomic mass is 10.4. The van der Waals surface area contributed by atoms with E-state index < -0.39 is 17.7 Å². The van der Waals surface area contributed by atoms with Crippen molar-refractivity contribution in [1.29, 1.82) is 0 Å². The fourth-order valence-corrected chi connectivity index (χ4v) is 17.5. The SMILES string of the molecule is CCOC(=O)C(C)SP(=NP(=S)(c1ccccc1)c1ccccc1)(c1ccccc1)c1ccccc1. The Morgan fingerprint density at radius 3 is 1.47 bits per heavy atom. The molecule has 0 aliphatic carbocycles. The van der Waals surface area contributed by atoms with Crippen molar-refractivity contribution < 1.29 is 9.53 Å². The van der Waals surface area contributed by atoms with Crippen LogP contribution in [0.5, 0.6) is 0 Å². The van der Waals surface area contributed by atoms with Gasteiger partial charge in [0, 0.05) is 21.2 Å². The van der Waals surface area contributed by atoms with Gasteiger partial charge in [0.05, 0.1) is 12.9 Å². The second kappa shape index (κ2) is 12.2. The van der Waals surface area contributed by atoms with Gasteiger partial charge in [-0.3, -0.25) is 4.79 Å². The minimum absolute atomic E-state index is 0.235. The molecular weight excluding hydrogens is 520 g/mol. The predicted molar refractivity (Wildman–Crippen MR) is 162 cm³/mol. The Balaban J connectivity index is 2.10. The average molecular weight is 550 g/mol. The fraction of sp³-hybridized carbons (Fsp3) is 0.138. The number of ether oxygens (including phenoxy) is 1. The number of hydrogen-bond donors (Lipinski definition) is 0. The van der Waals surface area contributed by atoms with Crippen molar-refractivity contribution in [3.05, 3.63) is 121 Å². The van der Waals surface area contributed by atoms with E-state index >= 15 is 0 Å². The van der Waals surface area contributed by atoms with Crippen LogP contribution in [-0.2, 0) is 21.3 Å². The average Bonchev–Trinajstić information content (AvgIpc) is 2.94. The summed E-state index contributed by atoms with van der Waals surface area (Å²) in [5.74, 6) is -0.235. The minimum Gasteiger partial charge on any atom is -0.465 e. The monoisotopic (exact) mass is 549 g/mol. The molecule has 0 N–H and O–H groups in total. The third-order valence-corrected chi connectivity index (χ3v) is 18.1. The molecule has 0 saturated heterocycles. The highest BCUT2D eigenvalue weighted by Crippen LogP contribution is 2.68. The summed E-state index contributed by atoms with van der Waals surface area (Å²) >= 11 is 8.19. The van der Waals surface area contributed by atoms with Crippen LogP contribution in [0.25, 0.3) is 0 Å². The van der Waals surface area contributed by atoms with Crippen molar-refractivity contribution >= 4 is 62.8 Å². The first-order chi connectivity index (χ1) is 17.5. The molecule has 0 aliphatic heterocycles. The Morgan fingerprint density at radius 2 is 1.11 bits per heavy atom. The first-order valence-electron chi connectivity index (χ1n) is 11.8. The van der Waals surface area contributed by atoms with Gasteiger partial charge in [-0.25, -0.2) is 4.52 Å². The summed E-state index contributed by atoms with van der Waals surface area (Å²) in [6, 6.07) is 41.0. The van der Waals surface area contributed by atoms with Crippen molar-refractivity contribution in [1.82, 2.24) is 0 Å². The summed E-state index contributed by atoms with van der Waals surface area (Å²) in [4.78, 5) is 12.9. The lowest BCUT2D eigenvalue weighted by Gasteiger charge is -2.31. The number of nitrogens with zero attached hydrogens (tertiary/aromatic N) is 1. The van der Waals surface area contributed by atoms with Gasteiger partial charge < -0.3 is 4.74 Å². The van der Waals surface area contributed by atoms with Crippen LogP contribution in [0.15, 0.2) is 126 Å². The van der Waals surface area contributed by atoms with E-state index in [0.717, 1.165) is 21.2 Å². The molecular formula is C29H29NO2P2S2. The largest absolute Gasteiger partial charge is 0.465 e. The van der Waals surface area contributed by atoms with Gasteiger partial charge in [-0.2, -0.15) is 0 Å². The highest BCUT2D eigenvalue weighted by atomic mass is 32.7. The van der Waals surface area contributed by atoms with Gasteiger partial charge in [0.25, 0.3) is 0 Å². The summed E-state index contributed by atoms with van der Waals surface area (Å²) in [7, 11) is 0. The normalized spacial score (nSPS) is 12.5. The van der Waals surface area contributed by atoms with Crippen LogP contribution in [-0.4, -0.2) is 17.8 Å². The maximum atomic E-state index is 12.9. The van der Waals surface area contributed by atoms with Gasteiger partial charge in [-0.1, -0.05) is 145 Å². The molecule has 184 valence electrons. The Hall–Kier alpha value is -2.42. The van der Waals surface area contributed by atoms with Crippen LogP contribution in [0.4, 0.5) is 0 Å². The second-order valence-corrected chi connectivity index (χ2v) is 17.9. The Labute approximate surface area is 223 Å². The van der Waals surface area contributed by atoms with Crippen LogP contribution in [0.2, 0.25) is 0 Å². The molecule has 0 amide bonds. The third-order valence-electron chi connectivity index (χ3n) is 5.61. The molecule has 0 aromatic heterocycles. The molecule has 4 aromatic carbocycles. The highest BCUT2D eigenvalue weighted by Gasteiger charge is 2.35. The topological polar surface area (TPSA) is 38.7 Å². The van der Waals surface area contributed by atoms with E-state index in [4.69, 9.17) is 21.1 Å². The standard InChI is InChI=1S/C29H29NO2P2S2/c1-3-32-29(31)24(2)36-34(27-20-12-6-13-21-27,28-22-14-7-15-23-28)30-33(35,25-16-8-4-9-17-25)26-18-10-5-11-19-26/h4-24H,3H2,1-2H3. The molecule has 0 saturated carbocycles. The Bertz CT molecular complexity index is 1300. The zero-order valence-corrected chi connectivity index (χ0v) is 23.7. The maximum Gasteiger partial charge on any atom is 0.319 e. The summed E-state index contributed by atoms with van der Waals surface area (Å²) in [6.45, 7) is 4.09. The Kier molecular flexibility index (Phi) is 9.04. The van der Waals surface area contributed by atoms with Crippen molar-refractivity contribution in [2.45, 2.75) is 19.1 Å². The van der Waals surface area contributed by atoms with E-state index in [-0.39, 0.29) is 5.97 Å². The van der Waals surface area contributed by atoms with Crippen LogP contribution in [0.1, 0.15) is 13.8 Å². The van der Waals surface area contributed by atoms with Crippen LogP contribution in [0.3, 0.4) is 0 Å². The smallest absolute Gasteiger partial charge is 0.319 e. The summed E-state index contributed by atoms with van der Waals surface area (Å²) in [5.41, 5.74) is 0. The van der Waals surface area contributed by atoms with E-state index in [0.29, 0.717) is 6.61 Å². The lowest BCUT2D eigenvalue weighted by Crippen LogP contribution is -2.22. The number of esters is 1. The van der Waals surface area contributed by atoms with Crippen LogP contribution in [0, 0.1) is 0 Å². The number of benzene rings is 4. The summed E-state index contributed by atoms with van der Waals surface area (Å²) < 4.78 is 11.2. The molecule has 0 bridgehead atoms. The molecule has 1 unspecified atom stereocenters. The molecule has 0 radical (unpaired) electrons. The molecule has 0 aliphatic rings. The van der Waals surface area contributed by atoms with Crippen molar-refractivity contribution in [2.75, 3.05) is 6.61 Å². The van der Waals surface area contributed by atoms with Gasteiger partial charge in [0.1, 0.15) is 11.4 Å². The molecule has 1 atom stereocenters. The zero-order chi connectivity index (χ0) is 25.4. The number of hydrogen-bond acceptors (Lipinski definition) is 4. The minimum atomic E-state index is -2.64. The molecule has 0 spiro atoms. The molecule has 0 heterocycles.